The molecule has 2 aromatic carbocycles. The summed E-state index contributed by atoms with van der Waals surface area (Å²) < 4.78 is 0. The summed E-state index contributed by atoms with van der Waals surface area (Å²) in [6.07, 6.45) is 2.65. The van der Waals surface area contributed by atoms with Crippen LogP contribution >= 0.6 is 11.8 Å². The lowest BCUT2D eigenvalue weighted by atomic mass is 10.1. The molecule has 1 heterocycles. The van der Waals surface area contributed by atoms with Crippen molar-refractivity contribution in [1.82, 2.24) is 0 Å². The second-order valence-corrected chi connectivity index (χ2v) is 6.36. The van der Waals surface area contributed by atoms with E-state index in [1.165, 1.54) is 21.2 Å². The van der Waals surface area contributed by atoms with E-state index >= 15 is 0 Å². The summed E-state index contributed by atoms with van der Waals surface area (Å²) in [6.45, 7) is 12.8. The SMILES string of the molecule is C=CC(=C)C(=C)CCN1c2ccccc2Sc2ccccc21. The van der Waals surface area contributed by atoms with Crippen molar-refractivity contribution >= 4 is 23.1 Å². The average molecular weight is 305 g/mol. The Kier molecular flexibility index (Phi) is 4.21. The van der Waals surface area contributed by atoms with Crippen LogP contribution < -0.4 is 4.90 Å². The maximum Gasteiger partial charge on any atom is 0.0552 e. The quantitative estimate of drug-likeness (QED) is 0.625. The number of para-hydroxylation sites is 2. The van der Waals surface area contributed by atoms with Crippen LogP contribution in [0.5, 0.6) is 0 Å². The van der Waals surface area contributed by atoms with Crippen LogP contribution in [0, 0.1) is 0 Å². The molecule has 2 heteroatoms. The molecule has 0 amide bonds. The second kappa shape index (κ2) is 6.29. The Balaban J connectivity index is 1.91. The van der Waals surface area contributed by atoms with Crippen LogP contribution in [0.3, 0.4) is 0 Å². The number of hydrogen-bond acceptors (Lipinski definition) is 2. The molecule has 2 aromatic rings. The van der Waals surface area contributed by atoms with Gasteiger partial charge in [-0.2, -0.15) is 0 Å². The summed E-state index contributed by atoms with van der Waals surface area (Å²) >= 11 is 1.83. The molecular formula is C20H19NS. The van der Waals surface area contributed by atoms with Crippen molar-refractivity contribution in [3.8, 4) is 0 Å². The molecule has 0 aliphatic carbocycles. The number of allylic oxidation sites excluding steroid dienone is 2. The van der Waals surface area contributed by atoms with Crippen LogP contribution in [0.1, 0.15) is 6.42 Å². The average Bonchev–Trinajstić information content (AvgIpc) is 2.57. The van der Waals surface area contributed by atoms with Gasteiger partial charge < -0.3 is 4.90 Å². The Hall–Kier alpha value is -2.19. The minimum atomic E-state index is 0.873. The first-order valence-electron chi connectivity index (χ1n) is 7.33. The largest absolute Gasteiger partial charge is 0.339 e. The third kappa shape index (κ3) is 2.75. The van der Waals surface area contributed by atoms with Gasteiger partial charge in [0.2, 0.25) is 0 Å². The first-order valence-corrected chi connectivity index (χ1v) is 8.15. The monoisotopic (exact) mass is 305 g/mol. The predicted octanol–water partition coefficient (Wildman–Crippen LogP) is 5.98. The molecule has 110 valence electrons. The zero-order valence-corrected chi connectivity index (χ0v) is 13.4. The Labute approximate surface area is 136 Å². The molecule has 1 nitrogen and oxygen atoms in total. The van der Waals surface area contributed by atoms with E-state index in [-0.39, 0.29) is 0 Å². The molecule has 0 saturated carbocycles. The van der Waals surface area contributed by atoms with Crippen molar-refractivity contribution in [1.29, 1.82) is 0 Å². The molecule has 1 aliphatic rings. The van der Waals surface area contributed by atoms with Crippen LogP contribution in [0.2, 0.25) is 0 Å². The summed E-state index contributed by atoms with van der Waals surface area (Å²) in [4.78, 5) is 4.98. The molecule has 0 bridgehead atoms. The van der Waals surface area contributed by atoms with E-state index in [0.29, 0.717) is 0 Å². The van der Waals surface area contributed by atoms with Gasteiger partial charge in [0.15, 0.2) is 0 Å². The van der Waals surface area contributed by atoms with Crippen molar-refractivity contribution in [3.05, 3.63) is 85.5 Å². The Morgan fingerprint density at radius 1 is 0.955 bits per heavy atom. The van der Waals surface area contributed by atoms with Gasteiger partial charge in [0.1, 0.15) is 0 Å². The topological polar surface area (TPSA) is 3.24 Å². The van der Waals surface area contributed by atoms with E-state index in [4.69, 9.17) is 0 Å². The number of rotatable bonds is 5. The van der Waals surface area contributed by atoms with Crippen LogP contribution in [-0.4, -0.2) is 6.54 Å². The van der Waals surface area contributed by atoms with Crippen molar-refractivity contribution in [2.24, 2.45) is 0 Å². The van der Waals surface area contributed by atoms with E-state index in [1.54, 1.807) is 6.08 Å². The van der Waals surface area contributed by atoms with Crippen LogP contribution in [0.15, 0.2) is 95.3 Å². The van der Waals surface area contributed by atoms with Crippen molar-refractivity contribution in [2.45, 2.75) is 16.2 Å². The first kappa shape index (κ1) is 14.7. The zero-order chi connectivity index (χ0) is 15.5. The van der Waals surface area contributed by atoms with Crippen molar-refractivity contribution < 1.29 is 0 Å². The minimum Gasteiger partial charge on any atom is -0.339 e. The Morgan fingerprint density at radius 3 is 2.05 bits per heavy atom. The minimum absolute atomic E-state index is 0.873. The molecule has 22 heavy (non-hydrogen) atoms. The highest BCUT2D eigenvalue weighted by atomic mass is 32.2. The van der Waals surface area contributed by atoms with E-state index in [9.17, 15) is 0 Å². The van der Waals surface area contributed by atoms with Crippen molar-refractivity contribution in [2.75, 3.05) is 11.4 Å². The number of anilines is 2. The number of nitrogens with zero attached hydrogens (tertiary/aromatic N) is 1. The van der Waals surface area contributed by atoms with Gasteiger partial charge in [-0.05, 0) is 41.8 Å². The van der Waals surface area contributed by atoms with Crippen LogP contribution in [0.25, 0.3) is 0 Å². The van der Waals surface area contributed by atoms with Gasteiger partial charge >= 0.3 is 0 Å². The molecule has 0 N–H and O–H groups in total. The molecule has 0 unspecified atom stereocenters. The summed E-state index contributed by atoms with van der Waals surface area (Å²) in [5, 5.41) is 0. The van der Waals surface area contributed by atoms with Crippen molar-refractivity contribution in [3.63, 3.8) is 0 Å². The summed E-state index contributed by atoms with van der Waals surface area (Å²) in [5.74, 6) is 0. The predicted molar refractivity (Wildman–Crippen MR) is 97.1 cm³/mol. The lowest BCUT2D eigenvalue weighted by Crippen LogP contribution is -2.22. The molecule has 3 rings (SSSR count). The highest BCUT2D eigenvalue weighted by molar-refractivity contribution is 7.99. The van der Waals surface area contributed by atoms with Gasteiger partial charge in [-0.25, -0.2) is 0 Å². The highest BCUT2D eigenvalue weighted by Crippen LogP contribution is 2.47. The molecule has 0 saturated heterocycles. The molecule has 0 spiro atoms. The van der Waals surface area contributed by atoms with Gasteiger partial charge in [-0.1, -0.05) is 61.8 Å². The number of hydrogen-bond donors (Lipinski definition) is 0. The molecule has 0 radical (unpaired) electrons. The number of benzene rings is 2. The van der Waals surface area contributed by atoms with E-state index in [0.717, 1.165) is 24.1 Å². The highest BCUT2D eigenvalue weighted by Gasteiger charge is 2.22. The molecular weight excluding hydrogens is 286 g/mol. The summed E-state index contributed by atoms with van der Waals surface area (Å²) in [7, 11) is 0. The van der Waals surface area contributed by atoms with Gasteiger partial charge in [0, 0.05) is 16.3 Å². The van der Waals surface area contributed by atoms with Gasteiger partial charge in [-0.3, -0.25) is 0 Å². The molecule has 0 fully saturated rings. The Bertz CT molecular complexity index is 699. The third-order valence-electron chi connectivity index (χ3n) is 3.87. The smallest absolute Gasteiger partial charge is 0.0552 e. The normalized spacial score (nSPS) is 12.3. The van der Waals surface area contributed by atoms with Gasteiger partial charge in [0.25, 0.3) is 0 Å². The maximum atomic E-state index is 4.12. The van der Waals surface area contributed by atoms with Crippen LogP contribution in [-0.2, 0) is 0 Å². The second-order valence-electron chi connectivity index (χ2n) is 5.27. The molecule has 0 atom stereocenters. The van der Waals surface area contributed by atoms with E-state index in [2.05, 4.69) is 73.2 Å². The molecule has 0 aromatic heterocycles. The van der Waals surface area contributed by atoms with E-state index < -0.39 is 0 Å². The first-order chi connectivity index (χ1) is 10.7. The third-order valence-corrected chi connectivity index (χ3v) is 5.00. The van der Waals surface area contributed by atoms with E-state index in [1.807, 2.05) is 11.8 Å². The fraction of sp³-hybridized carbons (Fsp3) is 0.100. The maximum absolute atomic E-state index is 4.12. The lowest BCUT2D eigenvalue weighted by molar-refractivity contribution is 0.891. The molecule has 1 aliphatic heterocycles. The fourth-order valence-corrected chi connectivity index (χ4v) is 3.67. The van der Waals surface area contributed by atoms with Crippen LogP contribution in [0.4, 0.5) is 11.4 Å². The van der Waals surface area contributed by atoms with Gasteiger partial charge in [0.05, 0.1) is 11.4 Å². The zero-order valence-electron chi connectivity index (χ0n) is 12.6. The number of fused-ring (bicyclic) bond motifs is 2. The fourth-order valence-electron chi connectivity index (χ4n) is 2.57. The lowest BCUT2D eigenvalue weighted by Gasteiger charge is -2.33. The summed E-state index contributed by atoms with van der Waals surface area (Å²) in [6, 6.07) is 17.1. The Morgan fingerprint density at radius 2 is 1.50 bits per heavy atom. The summed E-state index contributed by atoms with van der Waals surface area (Å²) in [5.41, 5.74) is 4.50. The van der Waals surface area contributed by atoms with Gasteiger partial charge in [-0.15, -0.1) is 0 Å². The standard InChI is InChI=1S/C20H19NS/c1-4-15(2)16(3)13-14-21-17-9-5-7-11-19(17)22-20-12-8-6-10-18(20)21/h4-12H,1-3,13-14H2.